The Labute approximate surface area is 206 Å². The van der Waals surface area contributed by atoms with Crippen LogP contribution in [0.3, 0.4) is 0 Å². The molecule has 0 bridgehead atoms. The number of nitrogens with one attached hydrogen (secondary N) is 1. The summed E-state index contributed by atoms with van der Waals surface area (Å²) < 4.78 is 0. The number of hydrogen-bond acceptors (Lipinski definition) is 1. The van der Waals surface area contributed by atoms with E-state index >= 15 is 0 Å². The minimum Gasteiger partial charge on any atom is -0.355 e. The van der Waals surface area contributed by atoms with Crippen molar-refractivity contribution in [2.24, 2.45) is 0 Å². The lowest BCUT2D eigenvalue weighted by Gasteiger charge is -2.12. The number of anilines is 2. The first-order valence-electron chi connectivity index (χ1n) is 11.9. The standard InChI is InChI=1S/C34H25N/c1-2-9-25(10-3-1)26-19-21-27(22-20-26)29-13-6-15-31(23-29)35-32-16-7-14-30(24-32)34-18-8-12-28-11-4-5-17-33(28)34/h1-24,35H. The van der Waals surface area contributed by atoms with Gasteiger partial charge >= 0.3 is 0 Å². The van der Waals surface area contributed by atoms with Gasteiger partial charge in [0.15, 0.2) is 0 Å². The molecule has 0 aliphatic carbocycles. The molecule has 0 fully saturated rings. The third-order valence-corrected chi connectivity index (χ3v) is 6.44. The summed E-state index contributed by atoms with van der Waals surface area (Å²) in [7, 11) is 0. The Balaban J connectivity index is 1.27. The SMILES string of the molecule is c1ccc(-c2ccc(-c3cccc(Nc4cccc(-c5cccc6ccccc56)c4)c3)cc2)cc1. The largest absolute Gasteiger partial charge is 0.355 e. The lowest BCUT2D eigenvalue weighted by molar-refractivity contribution is 1.53. The van der Waals surface area contributed by atoms with Crippen LogP contribution in [-0.2, 0) is 0 Å². The van der Waals surface area contributed by atoms with Crippen LogP contribution in [0.15, 0.2) is 146 Å². The van der Waals surface area contributed by atoms with Crippen LogP contribution in [0.4, 0.5) is 11.4 Å². The third-order valence-electron chi connectivity index (χ3n) is 6.44. The van der Waals surface area contributed by atoms with Gasteiger partial charge in [-0.3, -0.25) is 0 Å². The molecule has 6 aromatic rings. The minimum absolute atomic E-state index is 1.07. The lowest BCUT2D eigenvalue weighted by atomic mass is 9.98. The van der Waals surface area contributed by atoms with Crippen LogP contribution in [-0.4, -0.2) is 0 Å². The molecule has 0 aromatic heterocycles. The monoisotopic (exact) mass is 447 g/mol. The van der Waals surface area contributed by atoms with Crippen LogP contribution in [0.2, 0.25) is 0 Å². The average Bonchev–Trinajstić information content (AvgIpc) is 2.94. The zero-order valence-corrected chi connectivity index (χ0v) is 19.4. The molecule has 0 spiro atoms. The highest BCUT2D eigenvalue weighted by Gasteiger charge is 2.06. The van der Waals surface area contributed by atoms with Gasteiger partial charge in [-0.05, 0) is 68.4 Å². The highest BCUT2D eigenvalue weighted by Crippen LogP contribution is 2.32. The Morgan fingerprint density at radius 2 is 0.857 bits per heavy atom. The fraction of sp³-hybridized carbons (Fsp3) is 0. The van der Waals surface area contributed by atoms with Crippen molar-refractivity contribution in [2.45, 2.75) is 0 Å². The van der Waals surface area contributed by atoms with Crippen LogP contribution < -0.4 is 5.32 Å². The van der Waals surface area contributed by atoms with Gasteiger partial charge in [-0.25, -0.2) is 0 Å². The summed E-state index contributed by atoms with van der Waals surface area (Å²) in [5, 5.41) is 6.14. The maximum atomic E-state index is 3.61. The van der Waals surface area contributed by atoms with E-state index in [0.717, 1.165) is 11.4 Å². The number of rotatable bonds is 5. The van der Waals surface area contributed by atoms with E-state index in [-0.39, 0.29) is 0 Å². The van der Waals surface area contributed by atoms with Crippen molar-refractivity contribution in [1.82, 2.24) is 0 Å². The molecule has 1 heteroatoms. The van der Waals surface area contributed by atoms with Gasteiger partial charge in [0.2, 0.25) is 0 Å². The first-order chi connectivity index (χ1) is 17.3. The predicted octanol–water partition coefficient (Wildman–Crippen LogP) is 9.58. The first-order valence-corrected chi connectivity index (χ1v) is 11.9. The van der Waals surface area contributed by atoms with E-state index in [1.165, 1.54) is 44.2 Å². The summed E-state index contributed by atoms with van der Waals surface area (Å²) >= 11 is 0. The molecule has 0 aliphatic rings. The van der Waals surface area contributed by atoms with Crippen molar-refractivity contribution in [3.8, 4) is 33.4 Å². The van der Waals surface area contributed by atoms with Crippen molar-refractivity contribution in [2.75, 3.05) is 5.32 Å². The van der Waals surface area contributed by atoms with Crippen molar-refractivity contribution in [3.63, 3.8) is 0 Å². The van der Waals surface area contributed by atoms with Crippen LogP contribution >= 0.6 is 0 Å². The zero-order valence-electron chi connectivity index (χ0n) is 19.4. The average molecular weight is 448 g/mol. The van der Waals surface area contributed by atoms with Crippen molar-refractivity contribution >= 4 is 22.1 Å². The van der Waals surface area contributed by atoms with E-state index in [9.17, 15) is 0 Å². The molecule has 0 saturated heterocycles. The van der Waals surface area contributed by atoms with Gasteiger partial charge in [0.05, 0.1) is 0 Å². The quantitative estimate of drug-likeness (QED) is 0.277. The van der Waals surface area contributed by atoms with E-state index in [4.69, 9.17) is 0 Å². The van der Waals surface area contributed by atoms with Crippen LogP contribution in [0.25, 0.3) is 44.2 Å². The zero-order chi connectivity index (χ0) is 23.5. The topological polar surface area (TPSA) is 12.0 Å². The van der Waals surface area contributed by atoms with Crippen LogP contribution in [0, 0.1) is 0 Å². The molecular weight excluding hydrogens is 422 g/mol. The highest BCUT2D eigenvalue weighted by atomic mass is 14.9. The van der Waals surface area contributed by atoms with Crippen molar-refractivity contribution < 1.29 is 0 Å². The number of benzene rings is 6. The number of fused-ring (bicyclic) bond motifs is 1. The van der Waals surface area contributed by atoms with E-state index in [0.29, 0.717) is 0 Å². The van der Waals surface area contributed by atoms with Crippen molar-refractivity contribution in [3.05, 3.63) is 146 Å². The van der Waals surface area contributed by atoms with Crippen LogP contribution in [0.1, 0.15) is 0 Å². The second-order valence-corrected chi connectivity index (χ2v) is 8.76. The Morgan fingerprint density at radius 1 is 0.343 bits per heavy atom. The second-order valence-electron chi connectivity index (χ2n) is 8.76. The summed E-state index contributed by atoms with van der Waals surface area (Å²) in [4.78, 5) is 0. The molecule has 0 unspecified atom stereocenters. The molecule has 1 N–H and O–H groups in total. The van der Waals surface area contributed by atoms with E-state index in [1.54, 1.807) is 0 Å². The Kier molecular flexibility index (Phi) is 5.58. The van der Waals surface area contributed by atoms with Gasteiger partial charge in [0.25, 0.3) is 0 Å². The molecular formula is C34H25N. The van der Waals surface area contributed by atoms with E-state index in [2.05, 4.69) is 145 Å². The summed E-state index contributed by atoms with van der Waals surface area (Å²) in [6.07, 6.45) is 0. The van der Waals surface area contributed by atoms with Crippen molar-refractivity contribution in [1.29, 1.82) is 0 Å². The molecule has 35 heavy (non-hydrogen) atoms. The fourth-order valence-corrected chi connectivity index (χ4v) is 4.67. The first kappa shape index (κ1) is 20.9. The predicted molar refractivity (Wildman–Crippen MR) is 150 cm³/mol. The van der Waals surface area contributed by atoms with Gasteiger partial charge < -0.3 is 5.32 Å². The van der Waals surface area contributed by atoms with Crippen LogP contribution in [0.5, 0.6) is 0 Å². The van der Waals surface area contributed by atoms with E-state index < -0.39 is 0 Å². The Bertz CT molecular complexity index is 1590. The molecule has 166 valence electrons. The van der Waals surface area contributed by atoms with Gasteiger partial charge in [0, 0.05) is 11.4 Å². The van der Waals surface area contributed by atoms with Gasteiger partial charge in [-0.1, -0.05) is 121 Å². The lowest BCUT2D eigenvalue weighted by Crippen LogP contribution is -1.91. The maximum Gasteiger partial charge on any atom is 0.0390 e. The molecule has 6 aromatic carbocycles. The summed E-state index contributed by atoms with van der Waals surface area (Å²) in [5.41, 5.74) is 9.47. The Morgan fingerprint density at radius 3 is 1.63 bits per heavy atom. The van der Waals surface area contributed by atoms with Gasteiger partial charge in [-0.15, -0.1) is 0 Å². The van der Waals surface area contributed by atoms with Gasteiger partial charge in [0.1, 0.15) is 0 Å². The fourth-order valence-electron chi connectivity index (χ4n) is 4.67. The molecule has 6 rings (SSSR count). The molecule has 1 nitrogen and oxygen atoms in total. The highest BCUT2D eigenvalue weighted by molar-refractivity contribution is 5.97. The van der Waals surface area contributed by atoms with Gasteiger partial charge in [-0.2, -0.15) is 0 Å². The molecule has 0 aliphatic heterocycles. The smallest absolute Gasteiger partial charge is 0.0390 e. The molecule has 0 radical (unpaired) electrons. The Hall–Kier alpha value is -4.62. The number of hydrogen-bond donors (Lipinski definition) is 1. The normalized spacial score (nSPS) is 10.9. The molecule has 0 saturated carbocycles. The summed E-state index contributed by atoms with van der Waals surface area (Å²) in [6, 6.07) is 51.6. The van der Waals surface area contributed by atoms with E-state index in [1.807, 2.05) is 6.07 Å². The second kappa shape index (κ2) is 9.32. The minimum atomic E-state index is 1.07. The maximum absolute atomic E-state index is 3.61. The molecule has 0 atom stereocenters. The molecule has 0 amide bonds. The third kappa shape index (κ3) is 4.45. The summed E-state index contributed by atoms with van der Waals surface area (Å²) in [6.45, 7) is 0. The summed E-state index contributed by atoms with van der Waals surface area (Å²) in [5.74, 6) is 0. The molecule has 0 heterocycles.